The summed E-state index contributed by atoms with van der Waals surface area (Å²) in [4.78, 5) is 15.1. The zero-order chi connectivity index (χ0) is 17.8. The summed E-state index contributed by atoms with van der Waals surface area (Å²) in [6.45, 7) is 0. The number of para-hydroxylation sites is 1. The predicted molar refractivity (Wildman–Crippen MR) is 96.9 cm³/mol. The summed E-state index contributed by atoms with van der Waals surface area (Å²) in [5.41, 5.74) is 1.92. The molecule has 126 valence electrons. The third kappa shape index (κ3) is 3.42. The van der Waals surface area contributed by atoms with Crippen molar-refractivity contribution < 1.29 is 14.4 Å². The lowest BCUT2D eigenvalue weighted by Crippen LogP contribution is -1.92. The molecule has 6 heteroatoms. The van der Waals surface area contributed by atoms with Crippen molar-refractivity contribution in [1.82, 2.24) is 4.98 Å². The first kappa shape index (κ1) is 16.4. The number of pyridine rings is 1. The molecule has 3 rings (SSSR count). The van der Waals surface area contributed by atoms with Crippen LogP contribution in [0.15, 0.2) is 48.5 Å². The first-order valence-corrected chi connectivity index (χ1v) is 7.56. The third-order valence-corrected chi connectivity index (χ3v) is 3.77. The van der Waals surface area contributed by atoms with Crippen LogP contribution >= 0.6 is 0 Å². The van der Waals surface area contributed by atoms with E-state index >= 15 is 0 Å². The van der Waals surface area contributed by atoms with Gasteiger partial charge in [-0.05, 0) is 29.8 Å². The minimum absolute atomic E-state index is 0.00105. The number of methoxy groups -OCH3 is 2. The van der Waals surface area contributed by atoms with E-state index in [1.165, 1.54) is 6.07 Å². The lowest BCUT2D eigenvalue weighted by atomic mass is 10.1. The summed E-state index contributed by atoms with van der Waals surface area (Å²) in [5.74, 6) is 1.28. The average Bonchev–Trinajstić information content (AvgIpc) is 2.65. The quantitative estimate of drug-likeness (QED) is 0.512. The van der Waals surface area contributed by atoms with Crippen molar-refractivity contribution in [3.05, 3.63) is 69.9 Å². The Morgan fingerprint density at radius 2 is 1.80 bits per heavy atom. The lowest BCUT2D eigenvalue weighted by molar-refractivity contribution is -0.383. The number of rotatable bonds is 5. The van der Waals surface area contributed by atoms with Gasteiger partial charge in [0, 0.05) is 11.5 Å². The van der Waals surface area contributed by atoms with Gasteiger partial charge in [-0.15, -0.1) is 0 Å². The van der Waals surface area contributed by atoms with Gasteiger partial charge in [0.15, 0.2) is 11.5 Å². The number of nitro benzene ring substituents is 1. The van der Waals surface area contributed by atoms with Gasteiger partial charge in [-0.2, -0.15) is 0 Å². The summed E-state index contributed by atoms with van der Waals surface area (Å²) in [7, 11) is 3.16. The molecule has 0 radical (unpaired) electrons. The summed E-state index contributed by atoms with van der Waals surface area (Å²) < 4.78 is 10.5. The number of nitro groups is 1. The monoisotopic (exact) mass is 336 g/mol. The number of hydrogen-bond acceptors (Lipinski definition) is 5. The molecule has 0 saturated heterocycles. The molecule has 1 aromatic heterocycles. The molecule has 1 heterocycles. The average molecular weight is 336 g/mol. The number of benzene rings is 2. The fraction of sp³-hybridized carbons (Fsp3) is 0.105. The molecular weight excluding hydrogens is 320 g/mol. The number of aromatic nitrogens is 1. The Labute approximate surface area is 144 Å². The van der Waals surface area contributed by atoms with Crippen LogP contribution < -0.4 is 9.47 Å². The molecule has 2 aromatic carbocycles. The van der Waals surface area contributed by atoms with Crippen molar-refractivity contribution in [1.29, 1.82) is 0 Å². The van der Waals surface area contributed by atoms with E-state index < -0.39 is 4.92 Å². The molecule has 0 aliphatic carbocycles. The van der Waals surface area contributed by atoms with E-state index in [2.05, 4.69) is 4.98 Å². The van der Waals surface area contributed by atoms with Crippen LogP contribution in [0, 0.1) is 10.1 Å². The predicted octanol–water partition coefficient (Wildman–Crippen LogP) is 4.33. The van der Waals surface area contributed by atoms with Gasteiger partial charge < -0.3 is 9.47 Å². The standard InChI is InChI=1S/C19H16N2O4/c1-24-17-11-7-13(12-18(17)25-2)6-9-15-10-8-14-4-3-5-16(21(22)23)19(14)20-15/h3-12H,1-2H3. The highest BCUT2D eigenvalue weighted by molar-refractivity contribution is 5.88. The fourth-order valence-electron chi connectivity index (χ4n) is 2.52. The molecule has 0 saturated carbocycles. The Morgan fingerprint density at radius 3 is 2.52 bits per heavy atom. The molecule has 0 fully saturated rings. The highest BCUT2D eigenvalue weighted by Gasteiger charge is 2.12. The van der Waals surface area contributed by atoms with Gasteiger partial charge in [-0.25, -0.2) is 4.98 Å². The Hall–Kier alpha value is -3.41. The minimum Gasteiger partial charge on any atom is -0.493 e. The Balaban J connectivity index is 1.96. The van der Waals surface area contributed by atoms with Crippen molar-refractivity contribution in [2.75, 3.05) is 14.2 Å². The minimum atomic E-state index is -0.419. The van der Waals surface area contributed by atoms with Crippen molar-refractivity contribution in [3.8, 4) is 11.5 Å². The summed E-state index contributed by atoms with van der Waals surface area (Å²) >= 11 is 0. The van der Waals surface area contributed by atoms with Crippen LogP contribution in [-0.4, -0.2) is 24.1 Å². The lowest BCUT2D eigenvalue weighted by Gasteiger charge is -2.07. The topological polar surface area (TPSA) is 74.5 Å². The van der Waals surface area contributed by atoms with Crippen LogP contribution in [0.1, 0.15) is 11.3 Å². The normalized spacial score (nSPS) is 11.0. The van der Waals surface area contributed by atoms with Crippen molar-refractivity contribution >= 4 is 28.7 Å². The third-order valence-electron chi connectivity index (χ3n) is 3.77. The maximum atomic E-state index is 11.2. The highest BCUT2D eigenvalue weighted by atomic mass is 16.6. The van der Waals surface area contributed by atoms with Crippen molar-refractivity contribution in [3.63, 3.8) is 0 Å². The molecule has 0 bridgehead atoms. The first-order chi connectivity index (χ1) is 12.1. The van der Waals surface area contributed by atoms with E-state index in [0.717, 1.165) is 10.9 Å². The number of nitrogens with zero attached hydrogens (tertiary/aromatic N) is 2. The Bertz CT molecular complexity index is 967. The SMILES string of the molecule is COc1ccc(C=Cc2ccc3cccc([N+](=O)[O-])c3n2)cc1OC. The molecule has 0 N–H and O–H groups in total. The summed E-state index contributed by atoms with van der Waals surface area (Å²) in [5, 5.41) is 11.9. The van der Waals surface area contributed by atoms with E-state index in [4.69, 9.17) is 9.47 Å². The van der Waals surface area contributed by atoms with Gasteiger partial charge >= 0.3 is 0 Å². The molecule has 0 amide bonds. The van der Waals surface area contributed by atoms with Crippen LogP contribution in [0.3, 0.4) is 0 Å². The van der Waals surface area contributed by atoms with Gasteiger partial charge in [0.1, 0.15) is 5.52 Å². The van der Waals surface area contributed by atoms with Crippen LogP contribution in [0.25, 0.3) is 23.1 Å². The summed E-state index contributed by atoms with van der Waals surface area (Å²) in [6.07, 6.45) is 3.67. The molecule has 0 unspecified atom stereocenters. The van der Waals surface area contributed by atoms with Crippen molar-refractivity contribution in [2.45, 2.75) is 0 Å². The van der Waals surface area contributed by atoms with E-state index in [1.807, 2.05) is 36.4 Å². The number of fused-ring (bicyclic) bond motifs is 1. The largest absolute Gasteiger partial charge is 0.493 e. The molecule has 3 aromatic rings. The number of non-ortho nitro benzene ring substituents is 1. The zero-order valence-electron chi connectivity index (χ0n) is 13.8. The molecule has 25 heavy (non-hydrogen) atoms. The molecule has 0 atom stereocenters. The van der Waals surface area contributed by atoms with Crippen LogP contribution in [0.2, 0.25) is 0 Å². The van der Waals surface area contributed by atoms with Crippen LogP contribution in [0.4, 0.5) is 5.69 Å². The molecule has 0 aliphatic heterocycles. The Morgan fingerprint density at radius 1 is 1.00 bits per heavy atom. The molecule has 0 spiro atoms. The van der Waals surface area contributed by atoms with Gasteiger partial charge in [0.2, 0.25) is 0 Å². The summed E-state index contributed by atoms with van der Waals surface area (Å²) in [6, 6.07) is 14.1. The molecule has 6 nitrogen and oxygen atoms in total. The van der Waals surface area contributed by atoms with E-state index in [0.29, 0.717) is 22.7 Å². The van der Waals surface area contributed by atoms with Crippen LogP contribution in [0.5, 0.6) is 11.5 Å². The van der Waals surface area contributed by atoms with E-state index in [-0.39, 0.29) is 5.69 Å². The number of ether oxygens (including phenoxy) is 2. The fourth-order valence-corrected chi connectivity index (χ4v) is 2.52. The number of hydrogen-bond donors (Lipinski definition) is 0. The maximum absolute atomic E-state index is 11.2. The second kappa shape index (κ2) is 7.00. The van der Waals surface area contributed by atoms with E-state index in [9.17, 15) is 10.1 Å². The van der Waals surface area contributed by atoms with Gasteiger partial charge in [-0.3, -0.25) is 10.1 Å². The maximum Gasteiger partial charge on any atom is 0.295 e. The highest BCUT2D eigenvalue weighted by Crippen LogP contribution is 2.28. The van der Waals surface area contributed by atoms with Gasteiger partial charge in [0.05, 0.1) is 24.8 Å². The second-order valence-corrected chi connectivity index (χ2v) is 5.29. The Kier molecular flexibility index (Phi) is 4.61. The van der Waals surface area contributed by atoms with E-state index in [1.54, 1.807) is 32.4 Å². The zero-order valence-corrected chi connectivity index (χ0v) is 13.8. The molecule has 0 aliphatic rings. The van der Waals surface area contributed by atoms with Gasteiger partial charge in [-0.1, -0.05) is 30.3 Å². The second-order valence-electron chi connectivity index (χ2n) is 5.29. The van der Waals surface area contributed by atoms with Crippen LogP contribution in [-0.2, 0) is 0 Å². The van der Waals surface area contributed by atoms with Crippen molar-refractivity contribution in [2.24, 2.45) is 0 Å². The smallest absolute Gasteiger partial charge is 0.295 e. The van der Waals surface area contributed by atoms with Gasteiger partial charge in [0.25, 0.3) is 5.69 Å². The first-order valence-electron chi connectivity index (χ1n) is 7.56. The molecular formula is C19H16N2O4.